The average molecular weight is 278 g/mol. The molecule has 4 heteroatoms. The predicted octanol–water partition coefficient (Wildman–Crippen LogP) is 3.80. The van der Waals surface area contributed by atoms with Gasteiger partial charge in [-0.2, -0.15) is 0 Å². The number of aromatic nitrogens is 2. The summed E-state index contributed by atoms with van der Waals surface area (Å²) < 4.78 is 0. The molecule has 0 atom stereocenters. The summed E-state index contributed by atoms with van der Waals surface area (Å²) in [5.41, 5.74) is 0.639. The van der Waals surface area contributed by atoms with Crippen molar-refractivity contribution in [2.45, 2.75) is 0 Å². The van der Waals surface area contributed by atoms with Gasteiger partial charge in [0.2, 0.25) is 0 Å². The van der Waals surface area contributed by atoms with Crippen LogP contribution in [0.15, 0.2) is 58.7 Å². The van der Waals surface area contributed by atoms with E-state index < -0.39 is 0 Å². The van der Waals surface area contributed by atoms with Crippen molar-refractivity contribution < 1.29 is 0 Å². The topological polar surface area (TPSA) is 45.8 Å². The van der Waals surface area contributed by atoms with Crippen LogP contribution < -0.4 is 5.56 Å². The number of aromatic amines is 1. The van der Waals surface area contributed by atoms with Gasteiger partial charge in [0.25, 0.3) is 5.56 Å². The van der Waals surface area contributed by atoms with E-state index in [4.69, 9.17) is 0 Å². The zero-order valence-corrected chi connectivity index (χ0v) is 11.3. The Labute approximate surface area is 118 Å². The second-order valence-electron chi connectivity index (χ2n) is 4.61. The van der Waals surface area contributed by atoms with Gasteiger partial charge in [-0.25, -0.2) is 4.98 Å². The second kappa shape index (κ2) is 4.28. The number of rotatable bonds is 1. The van der Waals surface area contributed by atoms with Gasteiger partial charge < -0.3 is 4.98 Å². The lowest BCUT2D eigenvalue weighted by molar-refractivity contribution is 1.19. The Bertz CT molecular complexity index is 971. The molecule has 0 radical (unpaired) electrons. The van der Waals surface area contributed by atoms with Crippen molar-refractivity contribution in [2.75, 3.05) is 0 Å². The second-order valence-corrected chi connectivity index (χ2v) is 5.56. The predicted molar refractivity (Wildman–Crippen MR) is 83.2 cm³/mol. The maximum Gasteiger partial charge on any atom is 0.259 e. The first-order valence-corrected chi connectivity index (χ1v) is 7.16. The minimum atomic E-state index is -0.0934. The molecule has 0 fully saturated rings. The van der Waals surface area contributed by atoms with Gasteiger partial charge in [0, 0.05) is 0 Å². The van der Waals surface area contributed by atoms with Gasteiger partial charge in [-0.1, -0.05) is 30.3 Å². The molecule has 96 valence electrons. The Hall–Kier alpha value is -2.46. The van der Waals surface area contributed by atoms with E-state index >= 15 is 0 Å². The summed E-state index contributed by atoms with van der Waals surface area (Å²) in [6, 6.07) is 15.8. The third-order valence-corrected chi connectivity index (χ3v) is 4.20. The first-order valence-electron chi connectivity index (χ1n) is 6.28. The van der Waals surface area contributed by atoms with E-state index in [0.717, 1.165) is 21.2 Å². The van der Waals surface area contributed by atoms with Gasteiger partial charge in [0.1, 0.15) is 0 Å². The summed E-state index contributed by atoms with van der Waals surface area (Å²) >= 11 is 1.56. The highest BCUT2D eigenvalue weighted by Crippen LogP contribution is 2.23. The summed E-state index contributed by atoms with van der Waals surface area (Å²) in [5, 5.41) is 4.75. The van der Waals surface area contributed by atoms with E-state index in [0.29, 0.717) is 11.2 Å². The lowest BCUT2D eigenvalue weighted by Gasteiger charge is -2.03. The monoisotopic (exact) mass is 278 g/mol. The zero-order valence-electron chi connectivity index (χ0n) is 10.5. The van der Waals surface area contributed by atoms with Gasteiger partial charge in [0.15, 0.2) is 5.82 Å². The van der Waals surface area contributed by atoms with Crippen LogP contribution in [0.2, 0.25) is 0 Å². The number of H-pyrrole nitrogens is 1. The Kier molecular flexibility index (Phi) is 2.44. The zero-order chi connectivity index (χ0) is 13.5. The number of nitrogens with zero attached hydrogens (tertiary/aromatic N) is 1. The van der Waals surface area contributed by atoms with Crippen LogP contribution in [0.25, 0.3) is 32.4 Å². The van der Waals surface area contributed by atoms with Crippen LogP contribution in [0.1, 0.15) is 0 Å². The van der Waals surface area contributed by atoms with Crippen molar-refractivity contribution in [2.24, 2.45) is 0 Å². The number of nitrogens with one attached hydrogen (secondary N) is 1. The van der Waals surface area contributed by atoms with Gasteiger partial charge in [-0.3, -0.25) is 4.79 Å². The molecule has 0 saturated heterocycles. The standard InChI is InChI=1S/C16H10N2OS/c19-16-12-8-10-4-1-2-5-11(10)9-13(12)17-15(18-16)14-6-3-7-20-14/h1-9H,(H,17,18,19). The van der Waals surface area contributed by atoms with Crippen molar-refractivity contribution in [1.29, 1.82) is 0 Å². The minimum absolute atomic E-state index is 0.0934. The van der Waals surface area contributed by atoms with Crippen LogP contribution in [-0.4, -0.2) is 9.97 Å². The molecule has 0 spiro atoms. The number of hydrogen-bond donors (Lipinski definition) is 1. The van der Waals surface area contributed by atoms with Crippen LogP contribution in [0.5, 0.6) is 0 Å². The molecule has 0 aliphatic carbocycles. The summed E-state index contributed by atoms with van der Waals surface area (Å²) in [6.07, 6.45) is 0. The lowest BCUT2D eigenvalue weighted by atomic mass is 10.1. The average Bonchev–Trinajstić information content (AvgIpc) is 2.99. The number of benzene rings is 2. The Balaban J connectivity index is 2.09. The summed E-state index contributed by atoms with van der Waals surface area (Å²) in [5.74, 6) is 0.632. The highest BCUT2D eigenvalue weighted by molar-refractivity contribution is 7.13. The van der Waals surface area contributed by atoms with Crippen LogP contribution in [0, 0.1) is 0 Å². The van der Waals surface area contributed by atoms with Crippen molar-refractivity contribution in [3.05, 3.63) is 64.3 Å². The molecule has 2 aromatic heterocycles. The fraction of sp³-hybridized carbons (Fsp3) is 0. The van der Waals surface area contributed by atoms with E-state index in [1.807, 2.05) is 53.9 Å². The molecule has 0 bridgehead atoms. The van der Waals surface area contributed by atoms with Crippen molar-refractivity contribution in [1.82, 2.24) is 9.97 Å². The molecule has 4 rings (SSSR count). The third-order valence-electron chi connectivity index (χ3n) is 3.33. The first kappa shape index (κ1) is 11.4. The van der Waals surface area contributed by atoms with E-state index in [1.54, 1.807) is 11.3 Å². The van der Waals surface area contributed by atoms with Crippen LogP contribution in [0.4, 0.5) is 0 Å². The molecule has 0 unspecified atom stereocenters. The quantitative estimate of drug-likeness (QED) is 0.538. The van der Waals surface area contributed by atoms with Gasteiger partial charge in [-0.15, -0.1) is 11.3 Å². The smallest absolute Gasteiger partial charge is 0.259 e. The van der Waals surface area contributed by atoms with E-state index in [-0.39, 0.29) is 5.56 Å². The molecule has 0 saturated carbocycles. The third kappa shape index (κ3) is 1.73. The maximum atomic E-state index is 12.2. The first-order chi connectivity index (χ1) is 9.81. The molecule has 3 nitrogen and oxygen atoms in total. The fourth-order valence-corrected chi connectivity index (χ4v) is 3.03. The molecule has 0 aliphatic heterocycles. The number of thiophene rings is 1. The van der Waals surface area contributed by atoms with E-state index in [1.165, 1.54) is 0 Å². The van der Waals surface area contributed by atoms with Crippen LogP contribution in [-0.2, 0) is 0 Å². The maximum absolute atomic E-state index is 12.2. The van der Waals surface area contributed by atoms with Gasteiger partial charge in [0.05, 0.1) is 15.8 Å². The highest BCUT2D eigenvalue weighted by atomic mass is 32.1. The Morgan fingerprint density at radius 3 is 2.55 bits per heavy atom. The SMILES string of the molecule is O=c1[nH]c(-c2cccs2)nc2cc3ccccc3cc12. The van der Waals surface area contributed by atoms with Crippen molar-refractivity contribution in [3.63, 3.8) is 0 Å². The van der Waals surface area contributed by atoms with Crippen molar-refractivity contribution in [3.8, 4) is 10.7 Å². The molecule has 1 N–H and O–H groups in total. The Morgan fingerprint density at radius 2 is 1.80 bits per heavy atom. The molecular weight excluding hydrogens is 268 g/mol. The van der Waals surface area contributed by atoms with E-state index in [2.05, 4.69) is 9.97 Å². The summed E-state index contributed by atoms with van der Waals surface area (Å²) in [7, 11) is 0. The lowest BCUT2D eigenvalue weighted by Crippen LogP contribution is -2.09. The van der Waals surface area contributed by atoms with Crippen LogP contribution in [0.3, 0.4) is 0 Å². The molecule has 0 aliphatic rings. The van der Waals surface area contributed by atoms with Gasteiger partial charge in [-0.05, 0) is 34.4 Å². The summed E-state index contributed by atoms with van der Waals surface area (Å²) in [4.78, 5) is 20.7. The summed E-state index contributed by atoms with van der Waals surface area (Å²) in [6.45, 7) is 0. The molecule has 4 aromatic rings. The molecular formula is C16H10N2OS. The van der Waals surface area contributed by atoms with Crippen LogP contribution >= 0.6 is 11.3 Å². The number of fused-ring (bicyclic) bond motifs is 2. The molecule has 0 amide bonds. The minimum Gasteiger partial charge on any atom is -0.305 e. The highest BCUT2D eigenvalue weighted by Gasteiger charge is 2.07. The molecule has 2 aromatic carbocycles. The van der Waals surface area contributed by atoms with E-state index in [9.17, 15) is 4.79 Å². The fourth-order valence-electron chi connectivity index (χ4n) is 2.36. The molecule has 2 heterocycles. The van der Waals surface area contributed by atoms with Gasteiger partial charge >= 0.3 is 0 Å². The van der Waals surface area contributed by atoms with Crippen molar-refractivity contribution >= 4 is 33.0 Å². The number of hydrogen-bond acceptors (Lipinski definition) is 3. The largest absolute Gasteiger partial charge is 0.305 e. The Morgan fingerprint density at radius 1 is 1.00 bits per heavy atom. The normalized spacial score (nSPS) is 11.2. The molecule has 20 heavy (non-hydrogen) atoms.